The summed E-state index contributed by atoms with van der Waals surface area (Å²) in [6, 6.07) is 7.55. The topological polar surface area (TPSA) is 42.4 Å². The Morgan fingerprint density at radius 2 is 2.09 bits per heavy atom. The third-order valence-electron chi connectivity index (χ3n) is 3.68. The molecule has 0 aliphatic carbocycles. The smallest absolute Gasteiger partial charge is 0.273 e. The number of carbonyl (C=O) groups is 1. The molecule has 1 saturated heterocycles. The van der Waals surface area contributed by atoms with Gasteiger partial charge >= 0.3 is 0 Å². The van der Waals surface area contributed by atoms with Gasteiger partial charge < -0.3 is 9.64 Å². The molecule has 6 heteroatoms. The molecule has 1 amide bonds. The van der Waals surface area contributed by atoms with Crippen LogP contribution in [0.15, 0.2) is 29.6 Å². The minimum Gasteiger partial charge on any atom is -0.375 e. The lowest BCUT2D eigenvalue weighted by molar-refractivity contribution is -0.0388. The van der Waals surface area contributed by atoms with Crippen LogP contribution in [0.5, 0.6) is 0 Å². The molecule has 1 aromatic carbocycles. The number of carbonyl (C=O) groups excluding carboxylic acids is 1. The van der Waals surface area contributed by atoms with Gasteiger partial charge in [0.15, 0.2) is 0 Å². The summed E-state index contributed by atoms with van der Waals surface area (Å²) in [7, 11) is 0. The first-order chi connectivity index (χ1) is 10.5. The summed E-state index contributed by atoms with van der Waals surface area (Å²) in [5.74, 6) is -0.0286. The van der Waals surface area contributed by atoms with Crippen molar-refractivity contribution in [3.63, 3.8) is 0 Å². The molecular formula is C16H17ClN2O2S. The highest BCUT2D eigenvalue weighted by atomic mass is 35.5. The molecule has 0 bridgehead atoms. The van der Waals surface area contributed by atoms with Gasteiger partial charge in [0.05, 0.1) is 18.8 Å². The van der Waals surface area contributed by atoms with E-state index in [-0.39, 0.29) is 18.1 Å². The van der Waals surface area contributed by atoms with Gasteiger partial charge in [-0.25, -0.2) is 4.98 Å². The maximum absolute atomic E-state index is 12.6. The second-order valence-electron chi connectivity index (χ2n) is 5.50. The average Bonchev–Trinajstić information content (AvgIpc) is 2.99. The van der Waals surface area contributed by atoms with Crippen molar-refractivity contribution in [1.29, 1.82) is 0 Å². The zero-order valence-corrected chi connectivity index (χ0v) is 14.0. The van der Waals surface area contributed by atoms with Gasteiger partial charge in [-0.15, -0.1) is 11.3 Å². The van der Waals surface area contributed by atoms with E-state index in [4.69, 9.17) is 16.3 Å². The predicted octanol–water partition coefficient (Wildman–Crippen LogP) is 3.71. The maximum Gasteiger partial charge on any atom is 0.273 e. The van der Waals surface area contributed by atoms with Gasteiger partial charge in [-0.2, -0.15) is 0 Å². The molecule has 0 saturated carbocycles. The van der Waals surface area contributed by atoms with Gasteiger partial charge in [0.25, 0.3) is 5.91 Å². The summed E-state index contributed by atoms with van der Waals surface area (Å²) < 4.78 is 5.57. The third-order valence-corrected chi connectivity index (χ3v) is 4.83. The van der Waals surface area contributed by atoms with Crippen LogP contribution >= 0.6 is 22.9 Å². The van der Waals surface area contributed by atoms with E-state index in [1.54, 1.807) is 0 Å². The number of aromatic nitrogens is 1. The lowest BCUT2D eigenvalue weighted by Gasteiger charge is -2.36. The first kappa shape index (κ1) is 15.5. The molecule has 2 aromatic rings. The van der Waals surface area contributed by atoms with Crippen LogP contribution in [0.2, 0.25) is 5.02 Å². The van der Waals surface area contributed by atoms with E-state index in [0.29, 0.717) is 23.9 Å². The van der Waals surface area contributed by atoms with Crippen molar-refractivity contribution in [1.82, 2.24) is 9.88 Å². The van der Waals surface area contributed by atoms with Crippen LogP contribution < -0.4 is 0 Å². The van der Waals surface area contributed by atoms with Crippen LogP contribution in [0.4, 0.5) is 0 Å². The molecule has 0 unspecified atom stereocenters. The fourth-order valence-corrected chi connectivity index (χ4v) is 3.36. The number of rotatable bonds is 2. The second kappa shape index (κ2) is 6.36. The van der Waals surface area contributed by atoms with E-state index in [1.807, 2.05) is 48.4 Å². The SMILES string of the molecule is C[C@@H]1CN(C(=O)c2csc(-c3ccc(Cl)cc3)n2)[C@@H](C)CO1. The highest BCUT2D eigenvalue weighted by Crippen LogP contribution is 2.26. The van der Waals surface area contributed by atoms with Crippen LogP contribution in [0.1, 0.15) is 24.3 Å². The first-order valence-electron chi connectivity index (χ1n) is 7.18. The summed E-state index contributed by atoms with van der Waals surface area (Å²) in [5.41, 5.74) is 1.47. The number of benzene rings is 1. The van der Waals surface area contributed by atoms with E-state index < -0.39 is 0 Å². The normalized spacial score (nSPS) is 21.9. The molecule has 2 atom stereocenters. The Morgan fingerprint density at radius 1 is 1.36 bits per heavy atom. The van der Waals surface area contributed by atoms with E-state index >= 15 is 0 Å². The van der Waals surface area contributed by atoms with Crippen LogP contribution in [0.3, 0.4) is 0 Å². The molecule has 22 heavy (non-hydrogen) atoms. The Hall–Kier alpha value is -1.43. The number of hydrogen-bond donors (Lipinski definition) is 0. The monoisotopic (exact) mass is 336 g/mol. The van der Waals surface area contributed by atoms with Crippen LogP contribution in [-0.2, 0) is 4.74 Å². The minimum atomic E-state index is -0.0286. The molecule has 2 heterocycles. The maximum atomic E-state index is 12.6. The zero-order valence-electron chi connectivity index (χ0n) is 12.5. The fraction of sp³-hybridized carbons (Fsp3) is 0.375. The van der Waals surface area contributed by atoms with Crippen molar-refractivity contribution in [3.05, 3.63) is 40.4 Å². The fourth-order valence-electron chi connectivity index (χ4n) is 2.43. The lowest BCUT2D eigenvalue weighted by atomic mass is 10.2. The van der Waals surface area contributed by atoms with Gasteiger partial charge in [-0.1, -0.05) is 23.7 Å². The Bertz CT molecular complexity index is 671. The lowest BCUT2D eigenvalue weighted by Crippen LogP contribution is -2.50. The largest absolute Gasteiger partial charge is 0.375 e. The molecule has 1 aliphatic heterocycles. The first-order valence-corrected chi connectivity index (χ1v) is 8.44. The number of morpholine rings is 1. The number of ether oxygens (including phenoxy) is 1. The Kier molecular flexibility index (Phi) is 4.47. The van der Waals surface area contributed by atoms with Gasteiger partial charge in [-0.05, 0) is 26.0 Å². The van der Waals surface area contributed by atoms with Crippen molar-refractivity contribution in [2.45, 2.75) is 26.0 Å². The summed E-state index contributed by atoms with van der Waals surface area (Å²) >= 11 is 7.37. The Morgan fingerprint density at radius 3 is 2.82 bits per heavy atom. The molecule has 1 fully saturated rings. The summed E-state index contributed by atoms with van der Waals surface area (Å²) in [6.45, 7) is 5.15. The van der Waals surface area contributed by atoms with E-state index in [9.17, 15) is 4.79 Å². The van der Waals surface area contributed by atoms with Gasteiger partial charge in [-0.3, -0.25) is 4.79 Å². The van der Waals surface area contributed by atoms with Crippen molar-refractivity contribution in [2.75, 3.05) is 13.2 Å². The minimum absolute atomic E-state index is 0.0286. The van der Waals surface area contributed by atoms with Gasteiger partial charge in [0.2, 0.25) is 0 Å². The molecule has 1 aliphatic rings. The molecular weight excluding hydrogens is 320 g/mol. The standard InChI is InChI=1S/C16H17ClN2O2S/c1-10-8-21-11(2)7-19(10)16(20)14-9-22-15(18-14)12-3-5-13(17)6-4-12/h3-6,9-11H,7-8H2,1-2H3/t10-,11+/m0/s1. The van der Waals surface area contributed by atoms with Crippen molar-refractivity contribution < 1.29 is 9.53 Å². The Balaban J connectivity index is 1.81. The molecule has 1 aromatic heterocycles. The van der Waals surface area contributed by atoms with Gasteiger partial charge in [0, 0.05) is 22.5 Å². The van der Waals surface area contributed by atoms with E-state index in [2.05, 4.69) is 4.98 Å². The third kappa shape index (κ3) is 3.16. The average molecular weight is 337 g/mol. The highest BCUT2D eigenvalue weighted by Gasteiger charge is 2.29. The summed E-state index contributed by atoms with van der Waals surface area (Å²) in [4.78, 5) is 19.0. The van der Waals surface area contributed by atoms with Crippen LogP contribution in [-0.4, -0.2) is 41.1 Å². The number of nitrogens with zero attached hydrogens (tertiary/aromatic N) is 2. The molecule has 0 spiro atoms. The van der Waals surface area contributed by atoms with Crippen LogP contribution in [0.25, 0.3) is 10.6 Å². The van der Waals surface area contributed by atoms with Crippen molar-refractivity contribution >= 4 is 28.8 Å². The number of amides is 1. The highest BCUT2D eigenvalue weighted by molar-refractivity contribution is 7.13. The zero-order chi connectivity index (χ0) is 15.7. The van der Waals surface area contributed by atoms with Crippen LogP contribution in [0, 0.1) is 0 Å². The molecule has 0 radical (unpaired) electrons. The van der Waals surface area contributed by atoms with Crippen molar-refractivity contribution in [3.8, 4) is 10.6 Å². The number of thiazole rings is 1. The second-order valence-corrected chi connectivity index (χ2v) is 6.79. The number of hydrogen-bond acceptors (Lipinski definition) is 4. The van der Waals surface area contributed by atoms with E-state index in [0.717, 1.165) is 10.6 Å². The summed E-state index contributed by atoms with van der Waals surface area (Å²) in [5, 5.41) is 3.33. The van der Waals surface area contributed by atoms with E-state index in [1.165, 1.54) is 11.3 Å². The predicted molar refractivity (Wildman–Crippen MR) is 88.5 cm³/mol. The molecule has 116 valence electrons. The quantitative estimate of drug-likeness (QED) is 0.839. The number of halogens is 1. The van der Waals surface area contributed by atoms with Gasteiger partial charge in [0.1, 0.15) is 10.7 Å². The molecule has 3 rings (SSSR count). The Labute approximate surface area is 138 Å². The summed E-state index contributed by atoms with van der Waals surface area (Å²) in [6.07, 6.45) is 0.0644. The molecule has 0 N–H and O–H groups in total. The molecule has 4 nitrogen and oxygen atoms in total. The van der Waals surface area contributed by atoms with Crippen molar-refractivity contribution in [2.24, 2.45) is 0 Å².